The summed E-state index contributed by atoms with van der Waals surface area (Å²) in [5.74, 6) is -0.656. The molecule has 1 heterocycles. The molecule has 0 aliphatic carbocycles. The van der Waals surface area contributed by atoms with Gasteiger partial charge in [-0.3, -0.25) is 0 Å². The maximum atomic E-state index is 13.4. The molecule has 21 heavy (non-hydrogen) atoms. The Morgan fingerprint density at radius 2 is 1.90 bits per heavy atom. The van der Waals surface area contributed by atoms with Crippen LogP contribution in [0.4, 0.5) is 8.78 Å². The SMILES string of the molecule is CNS(=O)(=O)c1ccc(CNCc2cc(F)ccc2F)o1. The van der Waals surface area contributed by atoms with Crippen molar-refractivity contribution >= 4 is 10.0 Å². The molecule has 1 aromatic heterocycles. The van der Waals surface area contributed by atoms with E-state index in [2.05, 4.69) is 10.0 Å². The van der Waals surface area contributed by atoms with Gasteiger partial charge in [0, 0.05) is 12.1 Å². The Morgan fingerprint density at radius 3 is 2.62 bits per heavy atom. The number of halogens is 2. The fourth-order valence-corrected chi connectivity index (χ4v) is 2.36. The first-order valence-corrected chi connectivity index (χ1v) is 7.57. The highest BCUT2D eigenvalue weighted by Crippen LogP contribution is 2.14. The van der Waals surface area contributed by atoms with Crippen LogP contribution in [0.25, 0.3) is 0 Å². The topological polar surface area (TPSA) is 71.3 Å². The summed E-state index contributed by atoms with van der Waals surface area (Å²) in [7, 11) is -2.34. The first-order chi connectivity index (χ1) is 9.92. The average Bonchev–Trinajstić information content (AvgIpc) is 2.92. The van der Waals surface area contributed by atoms with Crippen LogP contribution in [0.3, 0.4) is 0 Å². The van der Waals surface area contributed by atoms with Crippen molar-refractivity contribution in [2.24, 2.45) is 0 Å². The minimum absolute atomic E-state index is 0.0956. The number of sulfonamides is 1. The van der Waals surface area contributed by atoms with Crippen LogP contribution in [0.5, 0.6) is 0 Å². The summed E-state index contributed by atoms with van der Waals surface area (Å²) in [4.78, 5) is 0. The normalized spacial score (nSPS) is 11.8. The van der Waals surface area contributed by atoms with Gasteiger partial charge in [-0.1, -0.05) is 0 Å². The van der Waals surface area contributed by atoms with Gasteiger partial charge in [0.25, 0.3) is 10.0 Å². The Bertz CT molecular complexity index is 729. The Labute approximate surface area is 121 Å². The van der Waals surface area contributed by atoms with Crippen molar-refractivity contribution in [1.29, 1.82) is 0 Å². The number of nitrogens with one attached hydrogen (secondary N) is 2. The summed E-state index contributed by atoms with van der Waals surface area (Å²) in [5.41, 5.74) is 0.185. The predicted molar refractivity (Wildman–Crippen MR) is 71.9 cm³/mol. The third-order valence-corrected chi connectivity index (χ3v) is 4.08. The van der Waals surface area contributed by atoms with Gasteiger partial charge in [0.05, 0.1) is 6.54 Å². The molecule has 0 aliphatic heterocycles. The molecular formula is C13H14F2N2O3S. The highest BCUT2D eigenvalue weighted by molar-refractivity contribution is 7.89. The monoisotopic (exact) mass is 316 g/mol. The smallest absolute Gasteiger partial charge is 0.273 e. The molecule has 1 aromatic carbocycles. The van der Waals surface area contributed by atoms with Gasteiger partial charge in [-0.25, -0.2) is 21.9 Å². The Hall–Kier alpha value is -1.77. The number of hydrogen-bond donors (Lipinski definition) is 2. The minimum Gasteiger partial charge on any atom is -0.447 e. The molecule has 0 atom stereocenters. The van der Waals surface area contributed by atoms with Crippen LogP contribution in [-0.2, 0) is 23.1 Å². The maximum Gasteiger partial charge on any atom is 0.273 e. The van der Waals surface area contributed by atoms with E-state index in [-0.39, 0.29) is 23.7 Å². The van der Waals surface area contributed by atoms with Gasteiger partial charge in [-0.05, 0) is 37.4 Å². The van der Waals surface area contributed by atoms with E-state index in [1.165, 1.54) is 19.2 Å². The molecule has 0 aliphatic rings. The van der Waals surface area contributed by atoms with Gasteiger partial charge in [0.2, 0.25) is 5.09 Å². The van der Waals surface area contributed by atoms with Crippen molar-refractivity contribution in [1.82, 2.24) is 10.0 Å². The lowest BCUT2D eigenvalue weighted by atomic mass is 10.2. The van der Waals surface area contributed by atoms with E-state index in [9.17, 15) is 17.2 Å². The number of rotatable bonds is 6. The molecule has 0 amide bonds. The first kappa shape index (κ1) is 15.6. The lowest BCUT2D eigenvalue weighted by Crippen LogP contribution is -2.18. The third-order valence-electron chi connectivity index (χ3n) is 2.79. The van der Waals surface area contributed by atoms with Crippen molar-refractivity contribution < 1.29 is 21.6 Å². The van der Waals surface area contributed by atoms with Crippen molar-refractivity contribution in [3.05, 3.63) is 53.3 Å². The van der Waals surface area contributed by atoms with Gasteiger partial charge in [0.15, 0.2) is 0 Å². The molecular weight excluding hydrogens is 302 g/mol. The fourth-order valence-electron chi connectivity index (χ4n) is 1.70. The van der Waals surface area contributed by atoms with Gasteiger partial charge < -0.3 is 9.73 Å². The summed E-state index contributed by atoms with van der Waals surface area (Å²) in [5, 5.41) is 2.66. The molecule has 0 radical (unpaired) electrons. The van der Waals surface area contributed by atoms with Gasteiger partial charge in [0.1, 0.15) is 17.4 Å². The first-order valence-electron chi connectivity index (χ1n) is 6.09. The third kappa shape index (κ3) is 3.87. The lowest BCUT2D eigenvalue weighted by molar-refractivity contribution is 0.399. The summed E-state index contributed by atoms with van der Waals surface area (Å²) >= 11 is 0. The minimum atomic E-state index is -3.62. The van der Waals surface area contributed by atoms with Crippen molar-refractivity contribution in [2.45, 2.75) is 18.2 Å². The zero-order chi connectivity index (χ0) is 15.5. The Morgan fingerprint density at radius 1 is 1.14 bits per heavy atom. The van der Waals surface area contributed by atoms with E-state index in [0.29, 0.717) is 5.76 Å². The summed E-state index contributed by atoms with van der Waals surface area (Å²) < 4.78 is 56.6. The van der Waals surface area contributed by atoms with Crippen LogP contribution >= 0.6 is 0 Å². The molecule has 8 heteroatoms. The second-order valence-electron chi connectivity index (χ2n) is 4.27. The van der Waals surface area contributed by atoms with Crippen LogP contribution in [0, 0.1) is 11.6 Å². The predicted octanol–water partition coefficient (Wildman–Crippen LogP) is 1.76. The van der Waals surface area contributed by atoms with Crippen LogP contribution in [0.2, 0.25) is 0 Å². The second kappa shape index (κ2) is 6.33. The number of hydrogen-bond acceptors (Lipinski definition) is 4. The van der Waals surface area contributed by atoms with Gasteiger partial charge in [-0.15, -0.1) is 0 Å². The van der Waals surface area contributed by atoms with Crippen molar-refractivity contribution in [3.63, 3.8) is 0 Å². The molecule has 0 saturated carbocycles. The largest absolute Gasteiger partial charge is 0.447 e. The van der Waals surface area contributed by atoms with E-state index in [1.807, 2.05) is 0 Å². The van der Waals surface area contributed by atoms with E-state index in [4.69, 9.17) is 4.42 Å². The van der Waals surface area contributed by atoms with Crippen LogP contribution in [-0.4, -0.2) is 15.5 Å². The van der Waals surface area contributed by atoms with E-state index in [0.717, 1.165) is 18.2 Å². The maximum absolute atomic E-state index is 13.4. The van der Waals surface area contributed by atoms with E-state index < -0.39 is 21.7 Å². The number of furan rings is 1. The van der Waals surface area contributed by atoms with Crippen LogP contribution < -0.4 is 10.0 Å². The Balaban J connectivity index is 1.97. The molecule has 2 aromatic rings. The van der Waals surface area contributed by atoms with Crippen molar-refractivity contribution in [2.75, 3.05) is 7.05 Å². The summed E-state index contributed by atoms with van der Waals surface area (Å²) in [6.45, 7) is 0.285. The molecule has 5 nitrogen and oxygen atoms in total. The molecule has 2 N–H and O–H groups in total. The highest BCUT2D eigenvalue weighted by Gasteiger charge is 2.16. The molecule has 114 valence electrons. The molecule has 0 bridgehead atoms. The molecule has 0 spiro atoms. The van der Waals surface area contributed by atoms with Crippen LogP contribution in [0.1, 0.15) is 11.3 Å². The summed E-state index contributed by atoms with van der Waals surface area (Å²) in [6.07, 6.45) is 0. The van der Waals surface area contributed by atoms with Crippen LogP contribution in [0.15, 0.2) is 39.8 Å². The standard InChI is InChI=1S/C13H14F2N2O3S/c1-16-21(18,19)13-5-3-11(20-13)8-17-7-9-6-10(14)2-4-12(9)15/h2-6,16-17H,7-8H2,1H3. The zero-order valence-corrected chi connectivity index (χ0v) is 12.0. The van der Waals surface area contributed by atoms with E-state index >= 15 is 0 Å². The zero-order valence-electron chi connectivity index (χ0n) is 11.2. The fraction of sp³-hybridized carbons (Fsp3) is 0.231. The lowest BCUT2D eigenvalue weighted by Gasteiger charge is -2.05. The van der Waals surface area contributed by atoms with E-state index in [1.54, 1.807) is 0 Å². The second-order valence-corrected chi connectivity index (χ2v) is 6.09. The van der Waals surface area contributed by atoms with Gasteiger partial charge >= 0.3 is 0 Å². The quantitative estimate of drug-likeness (QED) is 0.852. The average molecular weight is 316 g/mol. The molecule has 2 rings (SSSR count). The highest BCUT2D eigenvalue weighted by atomic mass is 32.2. The molecule has 0 saturated heterocycles. The summed E-state index contributed by atoms with van der Waals surface area (Å²) in [6, 6.07) is 6.02. The Kier molecular flexibility index (Phi) is 4.71. The number of benzene rings is 1. The van der Waals surface area contributed by atoms with Crippen molar-refractivity contribution in [3.8, 4) is 0 Å². The molecule has 0 fully saturated rings. The molecule has 0 unspecified atom stereocenters. The van der Waals surface area contributed by atoms with Gasteiger partial charge in [-0.2, -0.15) is 0 Å².